The number of H-pyrrole nitrogens is 1. The van der Waals surface area contributed by atoms with Crippen molar-refractivity contribution in [3.8, 4) is 17.0 Å². The molecule has 3 aromatic rings. The fraction of sp³-hybridized carbons (Fsp3) is 0.176. The van der Waals surface area contributed by atoms with Crippen LogP contribution in [0.2, 0.25) is 0 Å². The summed E-state index contributed by atoms with van der Waals surface area (Å²) < 4.78 is 5.55. The lowest BCUT2D eigenvalue weighted by molar-refractivity contribution is -0.114. The van der Waals surface area contributed by atoms with E-state index >= 15 is 0 Å². The second-order valence-electron chi connectivity index (χ2n) is 4.97. The molecule has 2 N–H and O–H groups in total. The number of aromatic nitrogens is 2. The normalized spacial score (nSPS) is 10.6. The predicted octanol–water partition coefficient (Wildman–Crippen LogP) is 3.59. The number of benzene rings is 2. The third-order valence-electron chi connectivity index (χ3n) is 3.30. The van der Waals surface area contributed by atoms with Gasteiger partial charge in [0.05, 0.1) is 12.1 Å². The van der Waals surface area contributed by atoms with Gasteiger partial charge in [-0.15, -0.1) is 0 Å². The van der Waals surface area contributed by atoms with Crippen LogP contribution in [0.25, 0.3) is 22.2 Å². The number of rotatable bonds is 4. The molecule has 0 fully saturated rings. The van der Waals surface area contributed by atoms with Gasteiger partial charge in [0.15, 0.2) is 0 Å². The summed E-state index contributed by atoms with van der Waals surface area (Å²) in [5.74, 6) is 0.721. The molecule has 0 radical (unpaired) electrons. The van der Waals surface area contributed by atoms with E-state index in [2.05, 4.69) is 15.5 Å². The van der Waals surface area contributed by atoms with E-state index in [-0.39, 0.29) is 5.91 Å². The van der Waals surface area contributed by atoms with Gasteiger partial charge in [0.25, 0.3) is 0 Å². The molecule has 5 heteroatoms. The van der Waals surface area contributed by atoms with E-state index in [1.54, 1.807) is 0 Å². The summed E-state index contributed by atoms with van der Waals surface area (Å²) in [6.45, 7) is 4.07. The van der Waals surface area contributed by atoms with Crippen LogP contribution in [0, 0.1) is 0 Å². The molecule has 1 aromatic heterocycles. The second-order valence-corrected chi connectivity index (χ2v) is 4.97. The lowest BCUT2D eigenvalue weighted by atomic mass is 10.1. The SMILES string of the molecule is CCOc1ccc2[nH]nc(-c3cccc(NC(C)=O)c3)c2c1. The molecule has 0 bridgehead atoms. The first-order valence-electron chi connectivity index (χ1n) is 7.16. The second kappa shape index (κ2) is 5.89. The maximum absolute atomic E-state index is 11.2. The highest BCUT2D eigenvalue weighted by Crippen LogP contribution is 2.30. The minimum atomic E-state index is -0.0948. The van der Waals surface area contributed by atoms with Crippen LogP contribution in [0.1, 0.15) is 13.8 Å². The molecular formula is C17H17N3O2. The highest BCUT2D eigenvalue weighted by molar-refractivity contribution is 5.95. The number of carbonyl (C=O) groups excluding carboxylic acids is 1. The van der Waals surface area contributed by atoms with Crippen LogP contribution in [0.15, 0.2) is 42.5 Å². The van der Waals surface area contributed by atoms with Gasteiger partial charge in [-0.3, -0.25) is 9.89 Å². The van der Waals surface area contributed by atoms with Crippen molar-refractivity contribution < 1.29 is 9.53 Å². The van der Waals surface area contributed by atoms with Gasteiger partial charge in [0, 0.05) is 23.6 Å². The number of hydrogen-bond acceptors (Lipinski definition) is 3. The van der Waals surface area contributed by atoms with Gasteiger partial charge >= 0.3 is 0 Å². The number of aromatic amines is 1. The van der Waals surface area contributed by atoms with Gasteiger partial charge < -0.3 is 10.1 Å². The fourth-order valence-corrected chi connectivity index (χ4v) is 2.42. The summed E-state index contributed by atoms with van der Waals surface area (Å²) in [7, 11) is 0. The van der Waals surface area contributed by atoms with E-state index in [0.29, 0.717) is 6.61 Å². The molecular weight excluding hydrogens is 278 g/mol. The molecule has 0 aliphatic carbocycles. The van der Waals surface area contributed by atoms with E-state index in [4.69, 9.17) is 4.74 Å². The van der Waals surface area contributed by atoms with Crippen molar-refractivity contribution >= 4 is 22.5 Å². The van der Waals surface area contributed by atoms with Crippen LogP contribution in [0.4, 0.5) is 5.69 Å². The van der Waals surface area contributed by atoms with E-state index < -0.39 is 0 Å². The zero-order valence-electron chi connectivity index (χ0n) is 12.5. The van der Waals surface area contributed by atoms with E-state index in [0.717, 1.165) is 33.6 Å². The average Bonchev–Trinajstić information content (AvgIpc) is 2.90. The molecule has 2 aromatic carbocycles. The Morgan fingerprint density at radius 3 is 2.91 bits per heavy atom. The lowest BCUT2D eigenvalue weighted by Crippen LogP contribution is -2.05. The number of nitrogens with zero attached hydrogens (tertiary/aromatic N) is 1. The highest BCUT2D eigenvalue weighted by atomic mass is 16.5. The first kappa shape index (κ1) is 14.1. The van der Waals surface area contributed by atoms with Gasteiger partial charge in [-0.05, 0) is 37.3 Å². The number of fused-ring (bicyclic) bond motifs is 1. The molecule has 1 heterocycles. The van der Waals surface area contributed by atoms with Crippen molar-refractivity contribution in [3.63, 3.8) is 0 Å². The Balaban J connectivity index is 2.05. The van der Waals surface area contributed by atoms with Crippen molar-refractivity contribution in [1.29, 1.82) is 0 Å². The molecule has 0 spiro atoms. The largest absolute Gasteiger partial charge is 0.494 e. The molecule has 5 nitrogen and oxygen atoms in total. The lowest BCUT2D eigenvalue weighted by Gasteiger charge is -2.05. The summed E-state index contributed by atoms with van der Waals surface area (Å²) in [6.07, 6.45) is 0. The first-order chi connectivity index (χ1) is 10.7. The van der Waals surface area contributed by atoms with Crippen LogP contribution < -0.4 is 10.1 Å². The zero-order chi connectivity index (χ0) is 15.5. The fourth-order valence-electron chi connectivity index (χ4n) is 2.42. The Kier molecular flexibility index (Phi) is 3.78. The molecule has 0 aliphatic heterocycles. The van der Waals surface area contributed by atoms with E-state index in [1.807, 2.05) is 49.4 Å². The Morgan fingerprint density at radius 2 is 2.14 bits per heavy atom. The van der Waals surface area contributed by atoms with Crippen molar-refractivity contribution in [2.75, 3.05) is 11.9 Å². The van der Waals surface area contributed by atoms with E-state index in [9.17, 15) is 4.79 Å². The van der Waals surface area contributed by atoms with Crippen LogP contribution in [0.5, 0.6) is 5.75 Å². The predicted molar refractivity (Wildman–Crippen MR) is 87.0 cm³/mol. The highest BCUT2D eigenvalue weighted by Gasteiger charge is 2.10. The van der Waals surface area contributed by atoms with Gasteiger partial charge in [-0.2, -0.15) is 5.10 Å². The molecule has 0 saturated carbocycles. The third kappa shape index (κ3) is 2.79. The zero-order valence-corrected chi connectivity index (χ0v) is 12.5. The van der Waals surface area contributed by atoms with Crippen molar-refractivity contribution in [1.82, 2.24) is 10.2 Å². The molecule has 3 rings (SSSR count). The average molecular weight is 295 g/mol. The molecule has 0 aliphatic rings. The molecule has 0 unspecified atom stereocenters. The third-order valence-corrected chi connectivity index (χ3v) is 3.30. The molecule has 112 valence electrons. The molecule has 22 heavy (non-hydrogen) atoms. The summed E-state index contributed by atoms with van der Waals surface area (Å²) in [6, 6.07) is 13.5. The topological polar surface area (TPSA) is 67.0 Å². The van der Waals surface area contributed by atoms with Crippen molar-refractivity contribution in [2.45, 2.75) is 13.8 Å². The standard InChI is InChI=1S/C17H17N3O2/c1-3-22-14-7-8-16-15(10-14)17(20-19-16)12-5-4-6-13(9-12)18-11(2)21/h4-10H,3H2,1-2H3,(H,18,21)(H,19,20). The Labute approximate surface area is 128 Å². The van der Waals surface area contributed by atoms with Gasteiger partial charge in [0.2, 0.25) is 5.91 Å². The molecule has 1 amide bonds. The van der Waals surface area contributed by atoms with Gasteiger partial charge in [0.1, 0.15) is 11.4 Å². The number of anilines is 1. The number of ether oxygens (including phenoxy) is 1. The van der Waals surface area contributed by atoms with Gasteiger partial charge in [-0.25, -0.2) is 0 Å². The Bertz CT molecular complexity index is 824. The van der Waals surface area contributed by atoms with Gasteiger partial charge in [-0.1, -0.05) is 12.1 Å². The first-order valence-corrected chi connectivity index (χ1v) is 7.16. The van der Waals surface area contributed by atoms with Crippen LogP contribution in [0.3, 0.4) is 0 Å². The molecule has 0 atom stereocenters. The minimum Gasteiger partial charge on any atom is -0.494 e. The summed E-state index contributed by atoms with van der Waals surface area (Å²) >= 11 is 0. The van der Waals surface area contributed by atoms with E-state index in [1.165, 1.54) is 6.92 Å². The summed E-state index contributed by atoms with van der Waals surface area (Å²) in [5.41, 5.74) is 3.47. The van der Waals surface area contributed by atoms with Crippen molar-refractivity contribution in [2.24, 2.45) is 0 Å². The summed E-state index contributed by atoms with van der Waals surface area (Å²) in [5, 5.41) is 11.2. The smallest absolute Gasteiger partial charge is 0.221 e. The maximum Gasteiger partial charge on any atom is 0.221 e. The number of nitrogens with one attached hydrogen (secondary N) is 2. The quantitative estimate of drug-likeness (QED) is 0.773. The minimum absolute atomic E-state index is 0.0948. The Hall–Kier alpha value is -2.82. The Morgan fingerprint density at radius 1 is 1.27 bits per heavy atom. The number of carbonyl (C=O) groups is 1. The maximum atomic E-state index is 11.2. The van der Waals surface area contributed by atoms with Crippen LogP contribution >= 0.6 is 0 Å². The summed E-state index contributed by atoms with van der Waals surface area (Å²) in [4.78, 5) is 11.2. The monoisotopic (exact) mass is 295 g/mol. The van der Waals surface area contributed by atoms with Crippen LogP contribution in [-0.2, 0) is 4.79 Å². The number of amides is 1. The van der Waals surface area contributed by atoms with Crippen LogP contribution in [-0.4, -0.2) is 22.7 Å². The molecule has 0 saturated heterocycles. The number of hydrogen-bond donors (Lipinski definition) is 2. The van der Waals surface area contributed by atoms with Crippen molar-refractivity contribution in [3.05, 3.63) is 42.5 Å².